The van der Waals surface area contributed by atoms with Gasteiger partial charge >= 0.3 is 6.09 Å². The molecule has 10 nitrogen and oxygen atoms in total. The minimum Gasteiger partial charge on any atom is -0.444 e. The van der Waals surface area contributed by atoms with Crippen molar-refractivity contribution in [3.63, 3.8) is 0 Å². The highest BCUT2D eigenvalue weighted by atomic mass is 35.5. The van der Waals surface area contributed by atoms with Crippen molar-refractivity contribution in [2.24, 2.45) is 23.7 Å². The molecule has 2 aromatic carbocycles. The zero-order valence-corrected chi connectivity index (χ0v) is 27.6. The van der Waals surface area contributed by atoms with Crippen LogP contribution >= 0.6 is 23.2 Å². The molecule has 1 N–H and O–H groups in total. The second-order valence-corrected chi connectivity index (χ2v) is 17.4. The lowest BCUT2D eigenvalue weighted by Gasteiger charge is -2.26. The van der Waals surface area contributed by atoms with Crippen LogP contribution < -0.4 is 5.32 Å². The number of likely N-dealkylation sites (tertiary alicyclic amines) is 1. The van der Waals surface area contributed by atoms with Crippen molar-refractivity contribution >= 4 is 49.3 Å². The van der Waals surface area contributed by atoms with E-state index in [9.17, 15) is 21.6 Å². The van der Waals surface area contributed by atoms with E-state index in [0.717, 1.165) is 13.1 Å². The molecule has 0 aromatic heterocycles. The van der Waals surface area contributed by atoms with E-state index in [2.05, 4.69) is 5.32 Å². The number of hydrogen-bond donors (Lipinski definition) is 1. The maximum absolute atomic E-state index is 12.8. The monoisotopic (exact) mass is 672 g/mol. The van der Waals surface area contributed by atoms with Gasteiger partial charge in [-0.15, -0.1) is 0 Å². The Morgan fingerprint density at radius 3 is 1.44 bits per heavy atom. The van der Waals surface area contributed by atoms with Crippen LogP contribution in [0, 0.1) is 23.7 Å². The number of fused-ring (bicyclic) bond motifs is 2. The fourth-order valence-corrected chi connectivity index (χ4v) is 9.50. The van der Waals surface area contributed by atoms with Crippen molar-refractivity contribution in [2.45, 2.75) is 36.2 Å². The lowest BCUT2D eigenvalue weighted by Crippen LogP contribution is -2.38. The number of carbonyl (C=O) groups excluding carboxylic acids is 1. The minimum atomic E-state index is -3.52. The molecule has 14 heteroatoms. The molecule has 4 atom stereocenters. The van der Waals surface area contributed by atoms with Crippen LogP contribution in [-0.2, 0) is 24.8 Å². The number of benzene rings is 2. The summed E-state index contributed by atoms with van der Waals surface area (Å²) in [5.41, 5.74) is -0.529. The smallest absolute Gasteiger partial charge is 0.410 e. The summed E-state index contributed by atoms with van der Waals surface area (Å²) >= 11 is 11.6. The number of amides is 1. The first-order valence-electron chi connectivity index (χ1n) is 14.3. The molecule has 4 unspecified atom stereocenters. The molecule has 236 valence electrons. The van der Waals surface area contributed by atoms with Gasteiger partial charge in [0, 0.05) is 49.3 Å². The molecule has 4 fully saturated rings. The maximum Gasteiger partial charge on any atom is 0.410 e. The lowest BCUT2D eigenvalue weighted by molar-refractivity contribution is 0.0279. The van der Waals surface area contributed by atoms with Gasteiger partial charge in [0.05, 0.1) is 9.79 Å². The Hall–Kier alpha value is -1.93. The summed E-state index contributed by atoms with van der Waals surface area (Å²) in [4.78, 5) is 14.5. The van der Waals surface area contributed by atoms with Gasteiger partial charge in [0.2, 0.25) is 20.0 Å². The fourth-order valence-electron chi connectivity index (χ4n) is 6.14. The average Bonchev–Trinajstić information content (AvgIpc) is 3.69. The molecule has 0 radical (unpaired) electrons. The van der Waals surface area contributed by atoms with E-state index >= 15 is 0 Å². The van der Waals surface area contributed by atoms with Crippen molar-refractivity contribution in [3.8, 4) is 0 Å². The third kappa shape index (κ3) is 7.32. The van der Waals surface area contributed by atoms with Gasteiger partial charge in [-0.25, -0.2) is 21.6 Å². The number of sulfonamides is 2. The van der Waals surface area contributed by atoms with Gasteiger partial charge in [0.1, 0.15) is 5.60 Å². The third-order valence-corrected chi connectivity index (χ3v) is 12.6. The van der Waals surface area contributed by atoms with Gasteiger partial charge in [0.15, 0.2) is 0 Å². The van der Waals surface area contributed by atoms with Crippen LogP contribution in [-0.4, -0.2) is 94.4 Å². The van der Waals surface area contributed by atoms with E-state index in [0.29, 0.717) is 66.0 Å². The molecule has 0 spiro atoms. The predicted molar refractivity (Wildman–Crippen MR) is 165 cm³/mol. The van der Waals surface area contributed by atoms with Gasteiger partial charge < -0.3 is 15.0 Å². The molecular formula is C29H38Cl2N4O6S2. The number of nitrogens with one attached hydrogen (secondary N) is 1. The van der Waals surface area contributed by atoms with Gasteiger partial charge in [0.25, 0.3) is 0 Å². The molecule has 6 rings (SSSR count). The van der Waals surface area contributed by atoms with Crippen LogP contribution in [0.2, 0.25) is 10.0 Å². The van der Waals surface area contributed by atoms with Gasteiger partial charge in [-0.05, 0) is 106 Å². The van der Waals surface area contributed by atoms with Gasteiger partial charge in [-0.1, -0.05) is 23.2 Å². The molecule has 4 aliphatic rings. The number of hydrogen-bond acceptors (Lipinski definition) is 7. The molecular weight excluding hydrogens is 635 g/mol. The van der Waals surface area contributed by atoms with Crippen molar-refractivity contribution in [2.75, 3.05) is 52.4 Å². The van der Waals surface area contributed by atoms with E-state index in [1.54, 1.807) is 45.6 Å². The highest BCUT2D eigenvalue weighted by Crippen LogP contribution is 2.35. The molecule has 0 bridgehead atoms. The summed E-state index contributed by atoms with van der Waals surface area (Å²) in [5.74, 6) is 1.23. The Morgan fingerprint density at radius 1 is 0.698 bits per heavy atom. The van der Waals surface area contributed by atoms with Crippen molar-refractivity contribution < 1.29 is 26.4 Å². The van der Waals surface area contributed by atoms with E-state index in [-0.39, 0.29) is 22.8 Å². The second kappa shape index (κ2) is 12.5. The first kappa shape index (κ1) is 32.5. The number of rotatable bonds is 4. The molecule has 2 aromatic rings. The van der Waals surface area contributed by atoms with Crippen LogP contribution in [0.4, 0.5) is 4.79 Å². The zero-order valence-electron chi connectivity index (χ0n) is 24.4. The van der Waals surface area contributed by atoms with E-state index in [1.165, 1.54) is 16.4 Å². The number of ether oxygens (including phenoxy) is 1. The Balaban J connectivity index is 0.000000180. The van der Waals surface area contributed by atoms with E-state index in [4.69, 9.17) is 27.9 Å². The Labute approximate surface area is 264 Å². The first-order chi connectivity index (χ1) is 20.1. The highest BCUT2D eigenvalue weighted by Gasteiger charge is 2.46. The molecule has 4 aliphatic heterocycles. The quantitative estimate of drug-likeness (QED) is 0.522. The van der Waals surface area contributed by atoms with Crippen LogP contribution in [0.15, 0.2) is 58.3 Å². The highest BCUT2D eigenvalue weighted by molar-refractivity contribution is 7.89. The third-order valence-electron chi connectivity index (χ3n) is 8.36. The zero-order chi connectivity index (χ0) is 31.2. The normalized spacial score (nSPS) is 26.1. The van der Waals surface area contributed by atoms with Crippen molar-refractivity contribution in [3.05, 3.63) is 58.6 Å². The Morgan fingerprint density at radius 2 is 1.07 bits per heavy atom. The van der Waals surface area contributed by atoms with Gasteiger partial charge in [-0.3, -0.25) is 0 Å². The molecule has 43 heavy (non-hydrogen) atoms. The Kier molecular flexibility index (Phi) is 9.41. The van der Waals surface area contributed by atoms with Gasteiger partial charge in [-0.2, -0.15) is 8.61 Å². The molecule has 4 heterocycles. The number of carbonyl (C=O) groups is 1. The summed E-state index contributed by atoms with van der Waals surface area (Å²) in [5, 5.41) is 4.36. The second-order valence-electron chi connectivity index (χ2n) is 12.6. The summed E-state index contributed by atoms with van der Waals surface area (Å²) in [7, 11) is -6.87. The average molecular weight is 674 g/mol. The predicted octanol–water partition coefficient (Wildman–Crippen LogP) is 4.01. The SMILES string of the molecule is CC(C)(C)OC(=O)N1CC2CN(S(=O)(=O)c3ccc(Cl)cc3)CC2C1.O=S(=O)(c1ccc(Cl)cc1)N1CC2CNCC2C1. The van der Waals surface area contributed by atoms with Crippen molar-refractivity contribution in [1.82, 2.24) is 18.8 Å². The minimum absolute atomic E-state index is 0.148. The maximum atomic E-state index is 12.8. The summed E-state index contributed by atoms with van der Waals surface area (Å²) in [6.45, 7) is 10.5. The largest absolute Gasteiger partial charge is 0.444 e. The number of halogens is 2. The lowest BCUT2D eigenvalue weighted by atomic mass is 10.0. The fraction of sp³-hybridized carbons (Fsp3) is 0.552. The summed E-state index contributed by atoms with van der Waals surface area (Å²) < 4.78 is 58.9. The van der Waals surface area contributed by atoms with E-state index < -0.39 is 25.6 Å². The number of nitrogens with zero attached hydrogens (tertiary/aromatic N) is 3. The standard InChI is InChI=1S/C17H23ClN2O4S.C12H15ClN2O2S/c1-17(2,3)24-16(21)19-8-12-10-20(11-13(12)9-19)25(22,23)15-6-4-14(18)5-7-15;13-11-1-3-12(4-2-11)18(16,17)15-7-9-5-14-6-10(9)8-15/h4-7,12-13H,8-11H2,1-3H3;1-4,9-10,14H,5-8H2. The van der Waals surface area contributed by atoms with Crippen LogP contribution in [0.25, 0.3) is 0 Å². The topological polar surface area (TPSA) is 116 Å². The van der Waals surface area contributed by atoms with Crippen LogP contribution in [0.3, 0.4) is 0 Å². The summed E-state index contributed by atoms with van der Waals surface area (Å²) in [6.07, 6.45) is -0.325. The van der Waals surface area contributed by atoms with E-state index in [1.807, 2.05) is 20.8 Å². The first-order valence-corrected chi connectivity index (χ1v) is 18.0. The summed E-state index contributed by atoms with van der Waals surface area (Å²) in [6, 6.07) is 12.6. The molecule has 4 saturated heterocycles. The molecule has 1 amide bonds. The van der Waals surface area contributed by atoms with Crippen LogP contribution in [0.5, 0.6) is 0 Å². The Bertz CT molecular complexity index is 1510. The van der Waals surface area contributed by atoms with Crippen molar-refractivity contribution in [1.29, 1.82) is 0 Å². The molecule has 0 aliphatic carbocycles. The van der Waals surface area contributed by atoms with Crippen LogP contribution in [0.1, 0.15) is 20.8 Å². The molecule has 0 saturated carbocycles.